The van der Waals surface area contributed by atoms with Gasteiger partial charge >= 0.3 is 0 Å². The lowest BCUT2D eigenvalue weighted by Crippen LogP contribution is -2.21. The summed E-state index contributed by atoms with van der Waals surface area (Å²) in [5.41, 5.74) is 5.49. The highest BCUT2D eigenvalue weighted by Crippen LogP contribution is 2.36. The van der Waals surface area contributed by atoms with Crippen LogP contribution in [-0.4, -0.2) is 28.1 Å². The third kappa shape index (κ3) is 4.97. The van der Waals surface area contributed by atoms with Gasteiger partial charge in [0.15, 0.2) is 5.82 Å². The predicted octanol–water partition coefficient (Wildman–Crippen LogP) is 5.28. The smallest absolute Gasteiger partial charge is 0.229 e. The fourth-order valence-corrected chi connectivity index (χ4v) is 4.57. The maximum absolute atomic E-state index is 12.9. The molecule has 0 saturated carbocycles. The van der Waals surface area contributed by atoms with E-state index in [0.717, 1.165) is 44.7 Å². The minimum atomic E-state index is -1.04. The Morgan fingerprint density at radius 3 is 2.57 bits per heavy atom. The van der Waals surface area contributed by atoms with Crippen molar-refractivity contribution < 1.29 is 14.6 Å². The van der Waals surface area contributed by atoms with Crippen LogP contribution in [0.2, 0.25) is 0 Å². The number of carbonyl (C=O) groups is 1. The number of aromatic nitrogens is 2. The Kier molecular flexibility index (Phi) is 6.61. The van der Waals surface area contributed by atoms with Gasteiger partial charge in [-0.2, -0.15) is 0 Å². The van der Waals surface area contributed by atoms with Crippen molar-refractivity contribution in [3.8, 4) is 17.0 Å². The zero-order chi connectivity index (χ0) is 24.4. The number of halogens is 1. The second kappa shape index (κ2) is 9.98. The van der Waals surface area contributed by atoms with Gasteiger partial charge in [0, 0.05) is 10.0 Å². The Morgan fingerprint density at radius 1 is 1.06 bits per heavy atom. The third-order valence-electron chi connectivity index (χ3n) is 6.10. The van der Waals surface area contributed by atoms with Gasteiger partial charge in [0.2, 0.25) is 5.91 Å². The molecule has 0 saturated heterocycles. The highest BCUT2D eigenvalue weighted by molar-refractivity contribution is 9.10. The van der Waals surface area contributed by atoms with E-state index in [9.17, 15) is 9.90 Å². The topological polar surface area (TPSA) is 84.3 Å². The van der Waals surface area contributed by atoms with Crippen LogP contribution in [0.4, 0.5) is 5.82 Å². The van der Waals surface area contributed by atoms with Gasteiger partial charge in [-0.05, 0) is 59.9 Å². The normalized spacial score (nSPS) is 12.9. The molecule has 1 unspecified atom stereocenters. The van der Waals surface area contributed by atoms with Crippen LogP contribution in [0.3, 0.4) is 0 Å². The second-order valence-corrected chi connectivity index (χ2v) is 9.36. The van der Waals surface area contributed by atoms with Gasteiger partial charge in [-0.3, -0.25) is 4.79 Å². The molecule has 1 aliphatic rings. The van der Waals surface area contributed by atoms with Crippen LogP contribution in [-0.2, 0) is 24.1 Å². The number of aliphatic hydroxyl groups excluding tert-OH is 1. The van der Waals surface area contributed by atoms with Gasteiger partial charge in [-0.25, -0.2) is 9.97 Å². The lowest BCUT2D eigenvalue weighted by Gasteiger charge is -2.23. The Bertz CT molecular complexity index is 1370. The summed E-state index contributed by atoms with van der Waals surface area (Å²) in [6, 6.07) is 22.8. The molecule has 3 aromatic carbocycles. The Hall–Kier alpha value is -3.55. The number of anilines is 1. The van der Waals surface area contributed by atoms with Crippen molar-refractivity contribution in [2.45, 2.75) is 25.4 Å². The molecule has 0 aliphatic heterocycles. The molecule has 1 aliphatic carbocycles. The van der Waals surface area contributed by atoms with Gasteiger partial charge in [-0.15, -0.1) is 0 Å². The molecule has 7 heteroatoms. The number of methoxy groups -OCH3 is 1. The van der Waals surface area contributed by atoms with Crippen LogP contribution >= 0.6 is 15.9 Å². The van der Waals surface area contributed by atoms with Crippen LogP contribution in [0, 0.1) is 0 Å². The molecule has 5 rings (SSSR count). The van der Waals surface area contributed by atoms with E-state index in [4.69, 9.17) is 14.7 Å². The summed E-state index contributed by atoms with van der Waals surface area (Å²) in [5.74, 6) is 0.865. The summed E-state index contributed by atoms with van der Waals surface area (Å²) < 4.78 is 6.33. The molecule has 2 N–H and O–H groups in total. The molecule has 6 nitrogen and oxygen atoms in total. The summed E-state index contributed by atoms with van der Waals surface area (Å²) in [4.78, 5) is 22.6. The van der Waals surface area contributed by atoms with Crippen LogP contribution < -0.4 is 10.1 Å². The Balaban J connectivity index is 1.54. The zero-order valence-electron chi connectivity index (χ0n) is 19.2. The van der Waals surface area contributed by atoms with Crippen molar-refractivity contribution in [3.05, 3.63) is 105 Å². The lowest BCUT2D eigenvalue weighted by atomic mass is 9.91. The number of nitrogens with one attached hydrogen (secondary N) is 1. The fraction of sp³-hybridized carbons (Fsp3) is 0.179. The number of amides is 1. The summed E-state index contributed by atoms with van der Waals surface area (Å²) in [6.07, 6.45) is 0.622. The van der Waals surface area contributed by atoms with E-state index in [-0.39, 0.29) is 12.3 Å². The highest BCUT2D eigenvalue weighted by atomic mass is 79.9. The van der Waals surface area contributed by atoms with Crippen molar-refractivity contribution >= 4 is 27.7 Å². The van der Waals surface area contributed by atoms with Crippen molar-refractivity contribution in [2.24, 2.45) is 0 Å². The molecule has 35 heavy (non-hydrogen) atoms. The van der Waals surface area contributed by atoms with E-state index in [0.29, 0.717) is 23.5 Å². The summed E-state index contributed by atoms with van der Waals surface area (Å²) in [6.45, 7) is 0. The van der Waals surface area contributed by atoms with Crippen LogP contribution in [0.15, 0.2) is 77.3 Å². The molecule has 1 heterocycles. The highest BCUT2D eigenvalue weighted by Gasteiger charge is 2.26. The van der Waals surface area contributed by atoms with E-state index in [1.54, 1.807) is 7.11 Å². The van der Waals surface area contributed by atoms with Gasteiger partial charge in [0.25, 0.3) is 0 Å². The number of benzene rings is 3. The number of hydrogen-bond acceptors (Lipinski definition) is 5. The molecular formula is C28H24BrN3O3. The van der Waals surface area contributed by atoms with Gasteiger partial charge in [0.1, 0.15) is 17.5 Å². The van der Waals surface area contributed by atoms with Crippen molar-refractivity contribution in [1.29, 1.82) is 0 Å². The molecule has 0 radical (unpaired) electrons. The first-order valence-electron chi connectivity index (χ1n) is 11.4. The van der Waals surface area contributed by atoms with E-state index >= 15 is 0 Å². The maximum atomic E-state index is 12.9. The first kappa shape index (κ1) is 23.2. The van der Waals surface area contributed by atoms with Crippen molar-refractivity contribution in [1.82, 2.24) is 9.97 Å². The van der Waals surface area contributed by atoms with Crippen molar-refractivity contribution in [2.75, 3.05) is 12.4 Å². The molecule has 1 atom stereocenters. The molecule has 0 bridgehead atoms. The minimum absolute atomic E-state index is 0.190. The molecular weight excluding hydrogens is 506 g/mol. The van der Waals surface area contributed by atoms with E-state index < -0.39 is 6.10 Å². The second-order valence-electron chi connectivity index (χ2n) is 8.44. The molecule has 1 aromatic heterocycles. The first-order valence-corrected chi connectivity index (χ1v) is 12.2. The molecule has 1 amide bonds. The third-order valence-corrected chi connectivity index (χ3v) is 6.63. The standard InChI is InChI=1S/C28H24BrN3O3/c1-35-21-12-13-22-19(16-21)9-14-23-25(22)32-26(27(34)18-5-3-2-4-6-18)28(30-23)31-24(33)15-17-7-10-20(29)11-8-17/h2-8,10-13,16,27,34H,9,14-15H2,1H3,(H,30,31,33). The monoisotopic (exact) mass is 529 g/mol. The number of rotatable bonds is 6. The average molecular weight is 530 g/mol. The Morgan fingerprint density at radius 2 is 1.83 bits per heavy atom. The summed E-state index contributed by atoms with van der Waals surface area (Å²) >= 11 is 3.41. The number of nitrogens with zero attached hydrogens (tertiary/aromatic N) is 2. The number of hydrogen-bond donors (Lipinski definition) is 2. The van der Waals surface area contributed by atoms with Crippen LogP contribution in [0.5, 0.6) is 5.75 Å². The average Bonchev–Trinajstić information content (AvgIpc) is 2.89. The fourth-order valence-electron chi connectivity index (χ4n) is 4.30. The zero-order valence-corrected chi connectivity index (χ0v) is 20.7. The summed E-state index contributed by atoms with van der Waals surface area (Å²) in [7, 11) is 1.65. The SMILES string of the molecule is COc1ccc2c(c1)CCc1nc(NC(=O)Cc3ccc(Br)cc3)c(C(O)c3ccccc3)nc1-2. The number of ether oxygens (including phenoxy) is 1. The maximum Gasteiger partial charge on any atom is 0.229 e. The van der Waals surface area contributed by atoms with Crippen molar-refractivity contribution in [3.63, 3.8) is 0 Å². The van der Waals surface area contributed by atoms with Gasteiger partial charge in [0.05, 0.1) is 24.9 Å². The van der Waals surface area contributed by atoms with Gasteiger partial charge < -0.3 is 15.2 Å². The van der Waals surface area contributed by atoms with E-state index in [1.807, 2.05) is 72.8 Å². The van der Waals surface area contributed by atoms with E-state index in [1.165, 1.54) is 0 Å². The van der Waals surface area contributed by atoms with E-state index in [2.05, 4.69) is 21.2 Å². The molecule has 0 fully saturated rings. The molecule has 176 valence electrons. The molecule has 4 aromatic rings. The number of carbonyl (C=O) groups excluding carboxylic acids is 1. The van der Waals surface area contributed by atoms with Crippen LogP contribution in [0.1, 0.15) is 34.2 Å². The summed E-state index contributed by atoms with van der Waals surface area (Å²) in [5, 5.41) is 14.2. The van der Waals surface area contributed by atoms with Gasteiger partial charge in [-0.1, -0.05) is 58.4 Å². The minimum Gasteiger partial charge on any atom is -0.497 e. The van der Waals surface area contributed by atoms with Crippen LogP contribution in [0.25, 0.3) is 11.3 Å². The predicted molar refractivity (Wildman–Crippen MR) is 138 cm³/mol. The number of aliphatic hydroxyl groups is 1. The number of aryl methyl sites for hydroxylation is 2. The largest absolute Gasteiger partial charge is 0.497 e. The molecule has 0 spiro atoms. The quantitative estimate of drug-likeness (QED) is 0.355. The Labute approximate surface area is 212 Å². The first-order chi connectivity index (χ1) is 17.0. The lowest BCUT2D eigenvalue weighted by molar-refractivity contribution is -0.115. The number of fused-ring (bicyclic) bond motifs is 3.